The fourth-order valence-corrected chi connectivity index (χ4v) is 2.84. The number of aromatic nitrogens is 3. The first-order valence-electron chi connectivity index (χ1n) is 8.44. The highest BCUT2D eigenvalue weighted by atomic mass is 16.5. The van der Waals surface area contributed by atoms with E-state index in [4.69, 9.17) is 4.74 Å². The first-order chi connectivity index (χ1) is 12.1. The van der Waals surface area contributed by atoms with Gasteiger partial charge in [0, 0.05) is 39.6 Å². The van der Waals surface area contributed by atoms with Crippen LogP contribution in [-0.2, 0) is 11.2 Å². The molecule has 3 rings (SSSR count). The van der Waals surface area contributed by atoms with Gasteiger partial charge in [-0.15, -0.1) is 5.10 Å². The molecule has 0 unspecified atom stereocenters. The Morgan fingerprint density at radius 2 is 2.24 bits per heavy atom. The highest BCUT2D eigenvalue weighted by Crippen LogP contribution is 2.16. The number of morpholine rings is 1. The van der Waals surface area contributed by atoms with Crippen molar-refractivity contribution >= 4 is 11.7 Å². The summed E-state index contributed by atoms with van der Waals surface area (Å²) >= 11 is 0. The molecule has 0 saturated carbocycles. The number of hydrogen-bond donors (Lipinski definition) is 0. The van der Waals surface area contributed by atoms with E-state index in [1.807, 2.05) is 31.3 Å². The molecule has 7 heteroatoms. The monoisotopic (exact) mass is 341 g/mol. The highest BCUT2D eigenvalue weighted by molar-refractivity contribution is 5.92. The van der Waals surface area contributed by atoms with E-state index in [9.17, 15) is 4.79 Å². The molecule has 0 spiro atoms. The molecule has 0 aromatic carbocycles. The minimum Gasteiger partial charge on any atom is -0.375 e. The lowest BCUT2D eigenvalue weighted by molar-refractivity contribution is -0.0248. The van der Waals surface area contributed by atoms with Gasteiger partial charge in [0.25, 0.3) is 5.91 Å². The van der Waals surface area contributed by atoms with Crippen LogP contribution >= 0.6 is 0 Å². The summed E-state index contributed by atoms with van der Waals surface area (Å²) in [5, 5.41) is 7.68. The van der Waals surface area contributed by atoms with Gasteiger partial charge in [-0.05, 0) is 42.7 Å². The normalized spacial score (nSPS) is 17.4. The number of aryl methyl sites for hydroxylation is 1. The van der Waals surface area contributed by atoms with E-state index in [0.29, 0.717) is 25.4 Å². The zero-order valence-electron chi connectivity index (χ0n) is 14.6. The summed E-state index contributed by atoms with van der Waals surface area (Å²) in [6.07, 6.45) is 5.18. The quantitative estimate of drug-likeness (QED) is 0.819. The number of anilines is 1. The standard InChI is InChI=1S/C18H23N5O2/c1-22(2)17-12-14(7-9-19-17)5-6-15-13-23(10-11-25-15)18(24)16-4-3-8-20-21-16/h3-4,7-9,12,15H,5-6,10-11,13H2,1-2H3/t15-/m0/s1. The smallest absolute Gasteiger partial charge is 0.274 e. The average molecular weight is 341 g/mol. The van der Waals surface area contributed by atoms with Crippen molar-refractivity contribution in [3.63, 3.8) is 0 Å². The van der Waals surface area contributed by atoms with Crippen LogP contribution in [0.4, 0.5) is 5.82 Å². The molecular formula is C18H23N5O2. The molecule has 1 atom stereocenters. The molecule has 1 saturated heterocycles. The Hall–Kier alpha value is -2.54. The van der Waals surface area contributed by atoms with Gasteiger partial charge in [-0.1, -0.05) is 0 Å². The molecule has 2 aromatic rings. The molecule has 3 heterocycles. The van der Waals surface area contributed by atoms with Gasteiger partial charge in [-0.25, -0.2) is 4.98 Å². The van der Waals surface area contributed by atoms with Crippen LogP contribution in [0.2, 0.25) is 0 Å². The lowest BCUT2D eigenvalue weighted by atomic mass is 10.1. The number of nitrogens with zero attached hydrogens (tertiary/aromatic N) is 5. The van der Waals surface area contributed by atoms with Gasteiger partial charge < -0.3 is 14.5 Å². The van der Waals surface area contributed by atoms with E-state index < -0.39 is 0 Å². The molecule has 7 nitrogen and oxygen atoms in total. The van der Waals surface area contributed by atoms with E-state index in [2.05, 4.69) is 21.2 Å². The highest BCUT2D eigenvalue weighted by Gasteiger charge is 2.25. The fourth-order valence-electron chi connectivity index (χ4n) is 2.84. The second kappa shape index (κ2) is 8.02. The van der Waals surface area contributed by atoms with Crippen molar-refractivity contribution in [1.29, 1.82) is 0 Å². The maximum Gasteiger partial charge on any atom is 0.274 e. The fraction of sp³-hybridized carbons (Fsp3) is 0.444. The minimum atomic E-state index is -0.0831. The number of amides is 1. The minimum absolute atomic E-state index is 0.0327. The molecule has 2 aromatic heterocycles. The molecular weight excluding hydrogens is 318 g/mol. The van der Waals surface area contributed by atoms with Crippen molar-refractivity contribution in [2.45, 2.75) is 18.9 Å². The summed E-state index contributed by atoms with van der Waals surface area (Å²) in [6.45, 7) is 1.73. The third-order valence-electron chi connectivity index (χ3n) is 4.24. The van der Waals surface area contributed by atoms with E-state index in [1.165, 1.54) is 5.56 Å². The zero-order chi connectivity index (χ0) is 17.6. The molecule has 0 N–H and O–H groups in total. The van der Waals surface area contributed by atoms with Gasteiger partial charge in [0.2, 0.25) is 0 Å². The number of carbonyl (C=O) groups is 1. The van der Waals surface area contributed by atoms with Crippen molar-refractivity contribution in [2.75, 3.05) is 38.7 Å². The van der Waals surface area contributed by atoms with E-state index >= 15 is 0 Å². The lowest BCUT2D eigenvalue weighted by Gasteiger charge is -2.32. The largest absolute Gasteiger partial charge is 0.375 e. The second-order valence-electron chi connectivity index (χ2n) is 6.31. The van der Waals surface area contributed by atoms with Crippen molar-refractivity contribution in [3.05, 3.63) is 47.9 Å². The summed E-state index contributed by atoms with van der Waals surface area (Å²) in [6, 6.07) is 7.53. The van der Waals surface area contributed by atoms with Crippen molar-refractivity contribution < 1.29 is 9.53 Å². The van der Waals surface area contributed by atoms with E-state index in [0.717, 1.165) is 18.7 Å². The van der Waals surface area contributed by atoms with Crippen LogP contribution < -0.4 is 4.90 Å². The number of pyridine rings is 1. The zero-order valence-corrected chi connectivity index (χ0v) is 14.6. The first kappa shape index (κ1) is 17.3. The molecule has 1 aliphatic rings. The van der Waals surface area contributed by atoms with Gasteiger partial charge >= 0.3 is 0 Å². The second-order valence-corrected chi connectivity index (χ2v) is 6.31. The van der Waals surface area contributed by atoms with Gasteiger partial charge in [-0.2, -0.15) is 5.10 Å². The molecule has 1 aliphatic heterocycles. The molecule has 25 heavy (non-hydrogen) atoms. The Balaban J connectivity index is 1.57. The van der Waals surface area contributed by atoms with Crippen LogP contribution in [0, 0.1) is 0 Å². The molecule has 1 fully saturated rings. The van der Waals surface area contributed by atoms with Gasteiger partial charge in [0.15, 0.2) is 5.69 Å². The maximum absolute atomic E-state index is 12.5. The Morgan fingerprint density at radius 3 is 3.00 bits per heavy atom. The Bertz CT molecular complexity index is 708. The molecule has 0 aliphatic carbocycles. The van der Waals surface area contributed by atoms with Crippen LogP contribution in [-0.4, -0.2) is 65.9 Å². The number of ether oxygens (including phenoxy) is 1. The van der Waals surface area contributed by atoms with Crippen molar-refractivity contribution in [2.24, 2.45) is 0 Å². The number of carbonyl (C=O) groups excluding carboxylic acids is 1. The predicted octanol–water partition coefficient (Wildman–Crippen LogP) is 1.41. The third-order valence-corrected chi connectivity index (χ3v) is 4.24. The van der Waals surface area contributed by atoms with Gasteiger partial charge in [-0.3, -0.25) is 4.79 Å². The molecule has 0 bridgehead atoms. The third kappa shape index (κ3) is 4.51. The Kier molecular flexibility index (Phi) is 5.55. The molecule has 132 valence electrons. The number of hydrogen-bond acceptors (Lipinski definition) is 6. The van der Waals surface area contributed by atoms with Crippen molar-refractivity contribution in [3.8, 4) is 0 Å². The van der Waals surface area contributed by atoms with E-state index in [-0.39, 0.29) is 12.0 Å². The van der Waals surface area contributed by atoms with Crippen LogP contribution in [0.15, 0.2) is 36.7 Å². The summed E-state index contributed by atoms with van der Waals surface area (Å²) < 4.78 is 5.84. The SMILES string of the molecule is CN(C)c1cc(CC[C@H]2CN(C(=O)c3cccnn3)CCO2)ccn1. The average Bonchev–Trinajstić information content (AvgIpc) is 2.67. The summed E-state index contributed by atoms with van der Waals surface area (Å²) in [5.74, 6) is 0.863. The first-order valence-corrected chi connectivity index (χ1v) is 8.44. The van der Waals surface area contributed by atoms with Crippen molar-refractivity contribution in [1.82, 2.24) is 20.1 Å². The van der Waals surface area contributed by atoms with Crippen LogP contribution in [0.25, 0.3) is 0 Å². The maximum atomic E-state index is 12.5. The summed E-state index contributed by atoms with van der Waals surface area (Å²) in [5.41, 5.74) is 1.60. The summed E-state index contributed by atoms with van der Waals surface area (Å²) in [7, 11) is 3.96. The molecule has 0 radical (unpaired) electrons. The number of rotatable bonds is 5. The van der Waals surface area contributed by atoms with Gasteiger partial charge in [0.05, 0.1) is 12.7 Å². The topological polar surface area (TPSA) is 71.5 Å². The summed E-state index contributed by atoms with van der Waals surface area (Å²) in [4.78, 5) is 20.6. The van der Waals surface area contributed by atoms with Gasteiger partial charge in [0.1, 0.15) is 5.82 Å². The Morgan fingerprint density at radius 1 is 1.36 bits per heavy atom. The Labute approximate surface area is 147 Å². The van der Waals surface area contributed by atoms with Crippen LogP contribution in [0.1, 0.15) is 22.5 Å². The van der Waals surface area contributed by atoms with E-state index in [1.54, 1.807) is 23.2 Å². The predicted molar refractivity (Wildman–Crippen MR) is 94.6 cm³/mol. The van der Waals surface area contributed by atoms with Crippen LogP contribution in [0.3, 0.4) is 0 Å². The van der Waals surface area contributed by atoms with Crippen LogP contribution in [0.5, 0.6) is 0 Å². The molecule has 1 amide bonds. The lowest BCUT2D eigenvalue weighted by Crippen LogP contribution is -2.46.